The number of unbranched alkanes of at least 4 members (excludes halogenated alkanes) is 6. The standard InChI is InChI=1S/C14H23BrN2O/c1-2-3-4-5-6-7-8-9-17-11-12(16)10-13(15)14(17)18/h10-11H,2-9,16H2,1H3. The number of rotatable bonds is 8. The van der Waals surface area contributed by atoms with Gasteiger partial charge in [-0.05, 0) is 28.4 Å². The lowest BCUT2D eigenvalue weighted by molar-refractivity contribution is 0.542. The summed E-state index contributed by atoms with van der Waals surface area (Å²) in [6.45, 7) is 2.99. The van der Waals surface area contributed by atoms with E-state index in [1.54, 1.807) is 16.8 Å². The van der Waals surface area contributed by atoms with Crippen LogP contribution in [0.15, 0.2) is 21.5 Å². The molecule has 0 aromatic carbocycles. The molecular formula is C14H23BrN2O. The van der Waals surface area contributed by atoms with Crippen LogP contribution >= 0.6 is 15.9 Å². The number of pyridine rings is 1. The summed E-state index contributed by atoms with van der Waals surface area (Å²) in [6, 6.07) is 1.66. The molecule has 1 heterocycles. The Labute approximate surface area is 118 Å². The number of hydrogen-bond acceptors (Lipinski definition) is 2. The zero-order chi connectivity index (χ0) is 13.4. The van der Waals surface area contributed by atoms with E-state index in [0.717, 1.165) is 13.0 Å². The summed E-state index contributed by atoms with van der Waals surface area (Å²) in [5.41, 5.74) is 6.36. The molecule has 1 rings (SSSR count). The SMILES string of the molecule is CCCCCCCCCn1cc(N)cc(Br)c1=O. The van der Waals surface area contributed by atoms with Crippen molar-refractivity contribution in [3.8, 4) is 0 Å². The highest BCUT2D eigenvalue weighted by molar-refractivity contribution is 9.10. The lowest BCUT2D eigenvalue weighted by Crippen LogP contribution is -2.20. The van der Waals surface area contributed by atoms with E-state index in [-0.39, 0.29) is 5.56 Å². The molecular weight excluding hydrogens is 292 g/mol. The molecule has 0 radical (unpaired) electrons. The van der Waals surface area contributed by atoms with E-state index in [0.29, 0.717) is 10.2 Å². The quantitative estimate of drug-likeness (QED) is 0.739. The van der Waals surface area contributed by atoms with Crippen LogP contribution in [-0.4, -0.2) is 4.57 Å². The van der Waals surface area contributed by atoms with Gasteiger partial charge in [-0.3, -0.25) is 4.79 Å². The Morgan fingerprint density at radius 3 is 2.44 bits per heavy atom. The van der Waals surface area contributed by atoms with Gasteiger partial charge >= 0.3 is 0 Å². The number of halogens is 1. The third kappa shape index (κ3) is 5.25. The van der Waals surface area contributed by atoms with Crippen LogP contribution in [0, 0.1) is 0 Å². The van der Waals surface area contributed by atoms with Crippen molar-refractivity contribution < 1.29 is 0 Å². The van der Waals surface area contributed by atoms with E-state index < -0.39 is 0 Å². The fourth-order valence-corrected chi connectivity index (χ4v) is 2.52. The van der Waals surface area contributed by atoms with Crippen LogP contribution in [-0.2, 0) is 6.54 Å². The molecule has 0 saturated carbocycles. The van der Waals surface area contributed by atoms with Gasteiger partial charge in [-0.1, -0.05) is 45.4 Å². The second-order valence-electron chi connectivity index (χ2n) is 4.74. The lowest BCUT2D eigenvalue weighted by Gasteiger charge is -2.07. The van der Waals surface area contributed by atoms with Gasteiger partial charge in [0.05, 0.1) is 4.47 Å². The van der Waals surface area contributed by atoms with E-state index in [9.17, 15) is 4.79 Å². The van der Waals surface area contributed by atoms with Crippen LogP contribution in [0.1, 0.15) is 51.9 Å². The fourth-order valence-electron chi connectivity index (χ4n) is 2.03. The predicted molar refractivity (Wildman–Crippen MR) is 80.8 cm³/mol. The number of aryl methyl sites for hydroxylation is 1. The van der Waals surface area contributed by atoms with Crippen molar-refractivity contribution in [2.45, 2.75) is 58.4 Å². The van der Waals surface area contributed by atoms with E-state index >= 15 is 0 Å². The van der Waals surface area contributed by atoms with Crippen LogP contribution in [0.3, 0.4) is 0 Å². The van der Waals surface area contributed by atoms with Crippen molar-refractivity contribution >= 4 is 21.6 Å². The topological polar surface area (TPSA) is 48.0 Å². The second kappa shape index (κ2) is 8.35. The molecule has 0 saturated heterocycles. The van der Waals surface area contributed by atoms with Gasteiger partial charge in [0.2, 0.25) is 0 Å². The molecule has 3 nitrogen and oxygen atoms in total. The minimum absolute atomic E-state index is 0.00943. The van der Waals surface area contributed by atoms with Crippen LogP contribution < -0.4 is 11.3 Å². The summed E-state index contributed by atoms with van der Waals surface area (Å²) in [7, 11) is 0. The summed E-state index contributed by atoms with van der Waals surface area (Å²) in [6.07, 6.45) is 10.5. The van der Waals surface area contributed by atoms with Gasteiger partial charge in [0.25, 0.3) is 5.56 Å². The highest BCUT2D eigenvalue weighted by Crippen LogP contribution is 2.10. The number of hydrogen-bond donors (Lipinski definition) is 1. The molecule has 102 valence electrons. The smallest absolute Gasteiger partial charge is 0.264 e. The normalized spacial score (nSPS) is 10.8. The van der Waals surface area contributed by atoms with Crippen molar-refractivity contribution in [1.82, 2.24) is 4.57 Å². The molecule has 18 heavy (non-hydrogen) atoms. The number of nitrogens with zero attached hydrogens (tertiary/aromatic N) is 1. The molecule has 0 aliphatic rings. The highest BCUT2D eigenvalue weighted by Gasteiger charge is 2.02. The summed E-state index contributed by atoms with van der Waals surface area (Å²) in [5, 5.41) is 0. The predicted octanol–water partition coefficient (Wildman–Crippen LogP) is 3.94. The molecule has 0 unspecified atom stereocenters. The molecule has 0 fully saturated rings. The Morgan fingerprint density at radius 1 is 1.17 bits per heavy atom. The average Bonchev–Trinajstić information content (AvgIpc) is 2.33. The molecule has 0 aliphatic carbocycles. The minimum atomic E-state index is 0.00943. The fraction of sp³-hybridized carbons (Fsp3) is 0.643. The van der Waals surface area contributed by atoms with Crippen molar-refractivity contribution in [3.05, 3.63) is 27.1 Å². The minimum Gasteiger partial charge on any atom is -0.398 e. The van der Waals surface area contributed by atoms with Crippen molar-refractivity contribution in [3.63, 3.8) is 0 Å². The maximum absolute atomic E-state index is 11.8. The van der Waals surface area contributed by atoms with Crippen molar-refractivity contribution in [2.24, 2.45) is 0 Å². The molecule has 2 N–H and O–H groups in total. The maximum atomic E-state index is 11.8. The number of anilines is 1. The van der Waals surface area contributed by atoms with Crippen LogP contribution in [0.4, 0.5) is 5.69 Å². The molecule has 1 aromatic heterocycles. The third-order valence-electron chi connectivity index (χ3n) is 3.07. The van der Waals surface area contributed by atoms with E-state index in [2.05, 4.69) is 22.9 Å². The van der Waals surface area contributed by atoms with Crippen LogP contribution in [0.5, 0.6) is 0 Å². The first kappa shape index (κ1) is 15.3. The Bertz CT molecular complexity index is 415. The first-order valence-corrected chi connectivity index (χ1v) is 7.60. The molecule has 4 heteroatoms. The summed E-state index contributed by atoms with van der Waals surface area (Å²) in [5.74, 6) is 0. The average molecular weight is 315 g/mol. The summed E-state index contributed by atoms with van der Waals surface area (Å²) < 4.78 is 2.25. The molecule has 0 atom stereocenters. The first-order valence-electron chi connectivity index (χ1n) is 6.80. The van der Waals surface area contributed by atoms with Gasteiger partial charge in [-0.15, -0.1) is 0 Å². The third-order valence-corrected chi connectivity index (χ3v) is 3.63. The zero-order valence-electron chi connectivity index (χ0n) is 11.1. The summed E-state index contributed by atoms with van der Waals surface area (Å²) >= 11 is 3.23. The van der Waals surface area contributed by atoms with Crippen LogP contribution in [0.25, 0.3) is 0 Å². The second-order valence-corrected chi connectivity index (χ2v) is 5.60. The van der Waals surface area contributed by atoms with Gasteiger partial charge in [0, 0.05) is 18.4 Å². The molecule has 0 spiro atoms. The van der Waals surface area contributed by atoms with Gasteiger partial charge in [0.15, 0.2) is 0 Å². The van der Waals surface area contributed by atoms with Gasteiger partial charge < -0.3 is 10.3 Å². The van der Waals surface area contributed by atoms with E-state index in [1.165, 1.54) is 38.5 Å². The first-order chi connectivity index (χ1) is 8.65. The highest BCUT2D eigenvalue weighted by atomic mass is 79.9. The Morgan fingerprint density at radius 2 is 1.78 bits per heavy atom. The Balaban J connectivity index is 2.29. The molecule has 0 amide bonds. The number of aromatic nitrogens is 1. The molecule has 0 aliphatic heterocycles. The molecule has 1 aromatic rings. The lowest BCUT2D eigenvalue weighted by atomic mass is 10.1. The van der Waals surface area contributed by atoms with Crippen molar-refractivity contribution in [1.29, 1.82) is 0 Å². The zero-order valence-corrected chi connectivity index (χ0v) is 12.7. The van der Waals surface area contributed by atoms with Gasteiger partial charge in [0.1, 0.15) is 0 Å². The largest absolute Gasteiger partial charge is 0.398 e. The van der Waals surface area contributed by atoms with Gasteiger partial charge in [-0.25, -0.2) is 0 Å². The Kier molecular flexibility index (Phi) is 7.09. The number of nitrogens with two attached hydrogens (primary N) is 1. The van der Waals surface area contributed by atoms with Gasteiger partial charge in [-0.2, -0.15) is 0 Å². The van der Waals surface area contributed by atoms with E-state index in [1.807, 2.05) is 0 Å². The molecule has 0 bridgehead atoms. The van der Waals surface area contributed by atoms with Crippen LogP contribution in [0.2, 0.25) is 0 Å². The maximum Gasteiger partial charge on any atom is 0.264 e. The van der Waals surface area contributed by atoms with E-state index in [4.69, 9.17) is 5.73 Å². The Hall–Kier alpha value is -0.770. The summed E-state index contributed by atoms with van der Waals surface area (Å²) in [4.78, 5) is 11.8. The monoisotopic (exact) mass is 314 g/mol. The number of nitrogen functional groups attached to an aromatic ring is 1. The van der Waals surface area contributed by atoms with Crippen molar-refractivity contribution in [2.75, 3.05) is 5.73 Å².